The number of carbonyl (C=O) groups excluding carboxylic acids is 1. The molecule has 1 aromatic carbocycles. The fraction of sp³-hybridized carbons (Fsp3) is 0.500. The Morgan fingerprint density at radius 1 is 1.29 bits per heavy atom. The summed E-state index contributed by atoms with van der Waals surface area (Å²) in [7, 11) is 0. The van der Waals surface area contributed by atoms with Crippen molar-refractivity contribution in [1.29, 1.82) is 0 Å². The van der Waals surface area contributed by atoms with Crippen molar-refractivity contribution in [1.82, 2.24) is 5.32 Å². The summed E-state index contributed by atoms with van der Waals surface area (Å²) in [5.74, 6) is -0.718. The fourth-order valence-electron chi connectivity index (χ4n) is 1.80. The Kier molecular flexibility index (Phi) is 6.04. The van der Waals surface area contributed by atoms with Crippen molar-refractivity contribution in [2.24, 2.45) is 0 Å². The minimum absolute atomic E-state index is 0.0685. The van der Waals surface area contributed by atoms with E-state index in [1.165, 1.54) is 6.92 Å². The molecular weight excluding hydrogens is 307 g/mol. The highest BCUT2D eigenvalue weighted by atomic mass is 35.5. The average molecular weight is 324 g/mol. The molecule has 0 saturated carbocycles. The fourth-order valence-corrected chi connectivity index (χ4v) is 1.93. The Morgan fingerprint density at radius 2 is 1.86 bits per heavy atom. The van der Waals surface area contributed by atoms with Gasteiger partial charge in [-0.1, -0.05) is 23.7 Å². The molecule has 1 N–H and O–H groups in total. The molecule has 1 atom stereocenters. The van der Waals surface area contributed by atoms with E-state index in [1.54, 1.807) is 31.2 Å². The number of rotatable bonds is 6. The first-order valence-electron chi connectivity index (χ1n) is 6.40. The van der Waals surface area contributed by atoms with Crippen LogP contribution in [0.5, 0.6) is 0 Å². The van der Waals surface area contributed by atoms with Crippen LogP contribution < -0.4 is 5.32 Å². The molecule has 0 spiro atoms. The van der Waals surface area contributed by atoms with E-state index in [1.807, 2.05) is 0 Å². The van der Waals surface area contributed by atoms with Gasteiger partial charge >= 0.3 is 12.1 Å². The van der Waals surface area contributed by atoms with Crippen LogP contribution in [0.15, 0.2) is 24.3 Å². The second-order valence-electron chi connectivity index (χ2n) is 4.82. The number of carbonyl (C=O) groups is 1. The van der Waals surface area contributed by atoms with Gasteiger partial charge in [0.15, 0.2) is 0 Å². The average Bonchev–Trinajstić information content (AvgIpc) is 2.39. The van der Waals surface area contributed by atoms with Crippen molar-refractivity contribution in [3.8, 4) is 0 Å². The summed E-state index contributed by atoms with van der Waals surface area (Å²) in [5, 5.41) is 2.76. The number of halogens is 4. The quantitative estimate of drug-likeness (QED) is 0.816. The van der Waals surface area contributed by atoms with E-state index >= 15 is 0 Å². The maximum absolute atomic E-state index is 12.4. The van der Waals surface area contributed by atoms with Gasteiger partial charge in [-0.25, -0.2) is 0 Å². The molecule has 3 nitrogen and oxygen atoms in total. The second kappa shape index (κ2) is 7.13. The number of esters is 1. The van der Waals surface area contributed by atoms with Crippen LogP contribution in [0.4, 0.5) is 13.2 Å². The minimum atomic E-state index is -4.41. The predicted molar refractivity (Wildman–Crippen MR) is 74.3 cm³/mol. The summed E-state index contributed by atoms with van der Waals surface area (Å²) >= 11 is 5.76. The first-order valence-corrected chi connectivity index (χ1v) is 6.77. The van der Waals surface area contributed by atoms with Crippen LogP contribution in [-0.4, -0.2) is 30.8 Å². The van der Waals surface area contributed by atoms with Gasteiger partial charge in [-0.2, -0.15) is 13.2 Å². The molecule has 0 aromatic heterocycles. The minimum Gasteiger partial charge on any atom is -0.465 e. The molecule has 0 saturated heterocycles. The third kappa shape index (κ3) is 5.93. The zero-order valence-electron chi connectivity index (χ0n) is 11.8. The molecule has 0 amide bonds. The summed E-state index contributed by atoms with van der Waals surface area (Å²) in [6.45, 7) is 1.83. The number of hydrogen-bond donors (Lipinski definition) is 1. The highest BCUT2D eigenvalue weighted by molar-refractivity contribution is 6.30. The molecule has 0 aliphatic heterocycles. The van der Waals surface area contributed by atoms with Crippen molar-refractivity contribution in [3.63, 3.8) is 0 Å². The van der Waals surface area contributed by atoms with E-state index < -0.39 is 24.2 Å². The van der Waals surface area contributed by atoms with E-state index in [9.17, 15) is 18.0 Å². The SMILES string of the molecule is CCOC(=O)C(C)(Cc1ccc(Cl)cc1)NCC(F)(F)F. The highest BCUT2D eigenvalue weighted by Crippen LogP contribution is 2.20. The lowest BCUT2D eigenvalue weighted by Crippen LogP contribution is -2.54. The lowest BCUT2D eigenvalue weighted by Gasteiger charge is -2.29. The van der Waals surface area contributed by atoms with Gasteiger partial charge in [-0.15, -0.1) is 0 Å². The highest BCUT2D eigenvalue weighted by Gasteiger charge is 2.39. The zero-order valence-corrected chi connectivity index (χ0v) is 12.5. The molecule has 118 valence electrons. The van der Waals surface area contributed by atoms with Crippen LogP contribution in [-0.2, 0) is 16.0 Å². The smallest absolute Gasteiger partial charge is 0.401 e. The Morgan fingerprint density at radius 3 is 2.33 bits per heavy atom. The molecule has 7 heteroatoms. The predicted octanol–water partition coefficient (Wildman–Crippen LogP) is 3.36. The Balaban J connectivity index is 2.90. The van der Waals surface area contributed by atoms with Crippen LogP contribution in [0.1, 0.15) is 19.4 Å². The lowest BCUT2D eigenvalue weighted by molar-refractivity contribution is -0.154. The van der Waals surface area contributed by atoms with Crippen LogP contribution in [0.2, 0.25) is 5.02 Å². The second-order valence-corrected chi connectivity index (χ2v) is 5.26. The van der Waals surface area contributed by atoms with E-state index in [0.29, 0.717) is 10.6 Å². The lowest BCUT2D eigenvalue weighted by atomic mass is 9.92. The molecule has 1 unspecified atom stereocenters. The van der Waals surface area contributed by atoms with Gasteiger partial charge in [-0.3, -0.25) is 10.1 Å². The van der Waals surface area contributed by atoms with Gasteiger partial charge in [0, 0.05) is 11.4 Å². The van der Waals surface area contributed by atoms with Crippen molar-refractivity contribution in [3.05, 3.63) is 34.9 Å². The van der Waals surface area contributed by atoms with Crippen molar-refractivity contribution in [2.45, 2.75) is 32.0 Å². The summed E-state index contributed by atoms with van der Waals surface area (Å²) in [6, 6.07) is 6.56. The van der Waals surface area contributed by atoms with Gasteiger partial charge in [-0.05, 0) is 31.5 Å². The monoisotopic (exact) mass is 323 g/mol. The molecule has 0 aliphatic carbocycles. The first kappa shape index (κ1) is 17.8. The molecular formula is C14H17ClF3NO2. The molecule has 21 heavy (non-hydrogen) atoms. The molecule has 1 aromatic rings. The maximum Gasteiger partial charge on any atom is 0.401 e. The molecule has 1 rings (SSSR count). The van der Waals surface area contributed by atoms with E-state index in [4.69, 9.17) is 16.3 Å². The van der Waals surface area contributed by atoms with Gasteiger partial charge in [0.25, 0.3) is 0 Å². The van der Waals surface area contributed by atoms with Crippen LogP contribution in [0, 0.1) is 0 Å². The summed E-state index contributed by atoms with van der Waals surface area (Å²) in [4.78, 5) is 12.0. The standard InChI is InChI=1S/C14H17ClF3NO2/c1-3-21-12(20)13(2,19-9-14(16,17)18)8-10-4-6-11(15)7-5-10/h4-7,19H,3,8-9H2,1-2H3. The number of alkyl halides is 3. The molecule has 0 aliphatic rings. The number of nitrogens with one attached hydrogen (secondary N) is 1. The van der Waals surface area contributed by atoms with Crippen molar-refractivity contribution >= 4 is 17.6 Å². The van der Waals surface area contributed by atoms with Crippen molar-refractivity contribution < 1.29 is 22.7 Å². The Bertz CT molecular complexity index is 476. The third-order valence-electron chi connectivity index (χ3n) is 2.88. The zero-order chi connectivity index (χ0) is 16.1. The van der Waals surface area contributed by atoms with Gasteiger partial charge < -0.3 is 4.74 Å². The maximum atomic E-state index is 12.4. The summed E-state index contributed by atoms with van der Waals surface area (Å²) < 4.78 is 42.1. The third-order valence-corrected chi connectivity index (χ3v) is 3.13. The Labute approximate surface area is 126 Å². The largest absolute Gasteiger partial charge is 0.465 e. The molecule has 0 bridgehead atoms. The normalized spacial score (nSPS) is 14.6. The summed E-state index contributed by atoms with van der Waals surface area (Å²) in [5.41, 5.74) is -0.774. The first-order chi connectivity index (χ1) is 9.66. The van der Waals surface area contributed by atoms with Crippen LogP contribution in [0.3, 0.4) is 0 Å². The van der Waals surface area contributed by atoms with Gasteiger partial charge in [0.05, 0.1) is 13.2 Å². The number of ether oxygens (including phenoxy) is 1. The number of benzene rings is 1. The number of hydrogen-bond acceptors (Lipinski definition) is 3. The molecule has 0 radical (unpaired) electrons. The summed E-state index contributed by atoms with van der Waals surface area (Å²) in [6.07, 6.45) is -4.34. The van der Waals surface area contributed by atoms with Gasteiger partial charge in [0.2, 0.25) is 0 Å². The van der Waals surface area contributed by atoms with Crippen LogP contribution in [0.25, 0.3) is 0 Å². The van der Waals surface area contributed by atoms with Gasteiger partial charge in [0.1, 0.15) is 5.54 Å². The van der Waals surface area contributed by atoms with Crippen LogP contribution >= 0.6 is 11.6 Å². The Hall–Kier alpha value is -1.27. The molecule has 0 heterocycles. The topological polar surface area (TPSA) is 38.3 Å². The van der Waals surface area contributed by atoms with E-state index in [-0.39, 0.29) is 13.0 Å². The molecule has 0 fully saturated rings. The van der Waals surface area contributed by atoms with E-state index in [2.05, 4.69) is 5.32 Å². The van der Waals surface area contributed by atoms with E-state index in [0.717, 1.165) is 0 Å². The van der Waals surface area contributed by atoms with Crippen molar-refractivity contribution in [2.75, 3.05) is 13.2 Å².